The fourth-order valence-corrected chi connectivity index (χ4v) is 3.38. The smallest absolute Gasteiger partial charge is 0.381 e. The van der Waals surface area contributed by atoms with Crippen molar-refractivity contribution in [3.63, 3.8) is 0 Å². The normalized spacial score (nSPS) is 11.1. The van der Waals surface area contributed by atoms with Gasteiger partial charge >= 0.3 is 6.72 Å². The van der Waals surface area contributed by atoms with E-state index in [4.69, 9.17) is 30.5 Å². The van der Waals surface area contributed by atoms with Crippen molar-refractivity contribution in [2.75, 3.05) is 19.8 Å². The second-order valence-corrected chi connectivity index (χ2v) is 7.49. The third kappa shape index (κ3) is 8.15. The summed E-state index contributed by atoms with van der Waals surface area (Å²) in [6.07, 6.45) is 0. The van der Waals surface area contributed by atoms with Crippen LogP contribution in [-0.2, 0) is 20.9 Å². The molecule has 1 rings (SSSR count). The Kier molecular flexibility index (Phi) is 10.7. The van der Waals surface area contributed by atoms with Gasteiger partial charge in [-0.1, -0.05) is 13.8 Å². The summed E-state index contributed by atoms with van der Waals surface area (Å²) in [6.45, 7) is 9.71. The van der Waals surface area contributed by atoms with Gasteiger partial charge in [-0.05, 0) is 27.7 Å². The minimum atomic E-state index is -2.77. The molecule has 0 aliphatic heterocycles. The number of hydrogen-bond donors (Lipinski definition) is 1. The van der Waals surface area contributed by atoms with Crippen LogP contribution in [0.4, 0.5) is 0 Å². The van der Waals surface area contributed by atoms with Gasteiger partial charge in [0.15, 0.2) is 0 Å². The second kappa shape index (κ2) is 11.0. The van der Waals surface area contributed by atoms with Crippen molar-refractivity contribution < 1.29 is 18.7 Å². The number of aromatic nitrogens is 2. The Hall–Kier alpha value is -0.590. The van der Waals surface area contributed by atoms with Gasteiger partial charge in [0.25, 0.3) is 0 Å². The Bertz CT molecular complexity index is 476. The highest BCUT2D eigenvalue weighted by Crippen LogP contribution is 2.49. The molecule has 0 saturated heterocycles. The summed E-state index contributed by atoms with van der Waals surface area (Å²) in [5.74, 6) is 1.37. The molecule has 8 heteroatoms. The first-order valence-corrected chi connectivity index (χ1v) is 9.92. The molecule has 0 spiro atoms. The molecule has 0 atom stereocenters. The highest BCUT2D eigenvalue weighted by atomic mass is 32.5. The van der Waals surface area contributed by atoms with E-state index in [-0.39, 0.29) is 12.5 Å². The van der Waals surface area contributed by atoms with Crippen molar-refractivity contribution in [2.45, 2.75) is 47.5 Å². The van der Waals surface area contributed by atoms with Crippen LogP contribution in [0.3, 0.4) is 0 Å². The van der Waals surface area contributed by atoms with Gasteiger partial charge in [-0.25, -0.2) is 4.98 Å². The third-order valence-electron chi connectivity index (χ3n) is 2.14. The Morgan fingerprint density at radius 3 is 2.09 bits per heavy atom. The van der Waals surface area contributed by atoms with Crippen molar-refractivity contribution in [2.24, 2.45) is 0 Å². The lowest BCUT2D eigenvalue weighted by molar-refractivity contribution is 0.215. The summed E-state index contributed by atoms with van der Waals surface area (Å²) in [5, 5.41) is 7.57. The molecular formula is C14H27N2O4PS. The molecule has 6 nitrogen and oxygen atoms in total. The Balaban J connectivity index is 0.00000135. The maximum absolute atomic E-state index is 7.57. The van der Waals surface area contributed by atoms with E-state index < -0.39 is 6.72 Å². The number of aliphatic hydroxyl groups excluding tert-OH is 1. The average molecular weight is 350 g/mol. The van der Waals surface area contributed by atoms with Crippen molar-refractivity contribution in [3.8, 4) is 5.88 Å². The molecule has 1 heterocycles. The monoisotopic (exact) mass is 350 g/mol. The first kappa shape index (κ1) is 21.4. The molecule has 0 aliphatic carbocycles. The molecule has 0 amide bonds. The van der Waals surface area contributed by atoms with Crippen molar-refractivity contribution in [3.05, 3.63) is 17.6 Å². The van der Waals surface area contributed by atoms with E-state index in [0.29, 0.717) is 19.1 Å². The lowest BCUT2D eigenvalue weighted by atomic mass is 10.2. The van der Waals surface area contributed by atoms with Crippen molar-refractivity contribution in [1.82, 2.24) is 9.97 Å². The molecule has 0 unspecified atom stereocenters. The maximum atomic E-state index is 7.57. The first-order valence-electron chi connectivity index (χ1n) is 7.36. The molecule has 22 heavy (non-hydrogen) atoms. The zero-order valence-electron chi connectivity index (χ0n) is 14.2. The second-order valence-electron chi connectivity index (χ2n) is 4.55. The van der Waals surface area contributed by atoms with Crippen LogP contribution in [0, 0.1) is 6.92 Å². The number of aryl methyl sites for hydroxylation is 1. The first-order chi connectivity index (χ1) is 10.3. The van der Waals surface area contributed by atoms with E-state index in [2.05, 4.69) is 9.97 Å². The van der Waals surface area contributed by atoms with E-state index in [1.165, 1.54) is 0 Å². The summed E-state index contributed by atoms with van der Waals surface area (Å²) in [6, 6.07) is 1.74. The average Bonchev–Trinajstić information content (AvgIpc) is 2.38. The van der Waals surface area contributed by atoms with Crippen LogP contribution in [0.1, 0.15) is 52.1 Å². The number of aliphatic hydroxyl groups is 1. The van der Waals surface area contributed by atoms with Gasteiger partial charge in [0.1, 0.15) is 5.82 Å². The molecule has 0 aromatic carbocycles. The molecule has 0 bridgehead atoms. The summed E-state index contributed by atoms with van der Waals surface area (Å²) in [7, 11) is 0. The maximum Gasteiger partial charge on any atom is 0.381 e. The van der Waals surface area contributed by atoms with Crippen LogP contribution in [0.25, 0.3) is 0 Å². The standard InChI is InChI=1S/C12H21N2O3PS.C2H6O/c1-6-15-18(19,16-7-2)17-11-8-10(5)13-12(14-11)9(3)4;1-2-3/h8-9H,6-7H2,1-5H3;3H,2H2,1H3. The topological polar surface area (TPSA) is 73.7 Å². The van der Waals surface area contributed by atoms with E-state index in [1.54, 1.807) is 13.0 Å². The zero-order valence-corrected chi connectivity index (χ0v) is 15.9. The van der Waals surface area contributed by atoms with E-state index in [9.17, 15) is 0 Å². The van der Waals surface area contributed by atoms with Gasteiger partial charge in [0.05, 0.1) is 13.2 Å². The van der Waals surface area contributed by atoms with Gasteiger partial charge in [0.2, 0.25) is 5.88 Å². The van der Waals surface area contributed by atoms with Crippen LogP contribution >= 0.6 is 6.72 Å². The van der Waals surface area contributed by atoms with Gasteiger partial charge < -0.3 is 9.63 Å². The Morgan fingerprint density at radius 2 is 1.68 bits per heavy atom. The van der Waals surface area contributed by atoms with Crippen molar-refractivity contribution in [1.29, 1.82) is 0 Å². The zero-order chi connectivity index (χ0) is 17.2. The molecule has 0 fully saturated rings. The van der Waals surface area contributed by atoms with Crippen LogP contribution in [0.15, 0.2) is 6.07 Å². The Morgan fingerprint density at radius 1 is 1.18 bits per heavy atom. The highest BCUT2D eigenvalue weighted by Gasteiger charge is 2.22. The van der Waals surface area contributed by atoms with Crippen LogP contribution in [-0.4, -0.2) is 34.9 Å². The Labute approximate surface area is 138 Å². The van der Waals surface area contributed by atoms with Gasteiger partial charge in [-0.3, -0.25) is 9.05 Å². The lowest BCUT2D eigenvalue weighted by Crippen LogP contribution is -2.06. The highest BCUT2D eigenvalue weighted by molar-refractivity contribution is 8.07. The summed E-state index contributed by atoms with van der Waals surface area (Å²) >= 11 is 5.32. The lowest BCUT2D eigenvalue weighted by Gasteiger charge is -2.20. The molecule has 1 aromatic rings. The van der Waals surface area contributed by atoms with Crippen LogP contribution in [0.5, 0.6) is 5.88 Å². The third-order valence-corrected chi connectivity index (χ3v) is 4.56. The molecular weight excluding hydrogens is 323 g/mol. The van der Waals surface area contributed by atoms with E-state index >= 15 is 0 Å². The molecule has 0 aliphatic rings. The molecule has 0 radical (unpaired) electrons. The van der Waals surface area contributed by atoms with E-state index in [1.807, 2.05) is 34.6 Å². The van der Waals surface area contributed by atoms with E-state index in [0.717, 1.165) is 11.5 Å². The minimum absolute atomic E-state index is 0.222. The fraction of sp³-hybridized carbons (Fsp3) is 0.714. The summed E-state index contributed by atoms with van der Waals surface area (Å²) in [4.78, 5) is 8.71. The van der Waals surface area contributed by atoms with Gasteiger partial charge in [0, 0.05) is 36.1 Å². The summed E-state index contributed by atoms with van der Waals surface area (Å²) in [5.41, 5.74) is 0.836. The van der Waals surface area contributed by atoms with Gasteiger partial charge in [-0.2, -0.15) is 4.98 Å². The minimum Gasteiger partial charge on any atom is -0.406 e. The molecule has 1 N–H and O–H groups in total. The largest absolute Gasteiger partial charge is 0.406 e. The number of hydrogen-bond acceptors (Lipinski definition) is 7. The predicted octanol–water partition coefficient (Wildman–Crippen LogP) is 3.58. The summed E-state index contributed by atoms with van der Waals surface area (Å²) < 4.78 is 16.6. The fourth-order valence-electron chi connectivity index (χ4n) is 1.39. The quantitative estimate of drug-likeness (QED) is 0.753. The van der Waals surface area contributed by atoms with Crippen LogP contribution in [0.2, 0.25) is 0 Å². The number of rotatable bonds is 7. The molecule has 128 valence electrons. The SMILES string of the molecule is CCO.CCOP(=S)(OCC)Oc1cc(C)nc(C(C)C)n1. The van der Waals surface area contributed by atoms with Crippen molar-refractivity contribution >= 4 is 18.5 Å². The number of nitrogens with zero attached hydrogens (tertiary/aromatic N) is 2. The van der Waals surface area contributed by atoms with Gasteiger partial charge in [-0.15, -0.1) is 0 Å². The molecule has 1 aromatic heterocycles. The van der Waals surface area contributed by atoms with Crippen LogP contribution < -0.4 is 4.52 Å². The molecule has 0 saturated carbocycles. The predicted molar refractivity (Wildman–Crippen MR) is 91.8 cm³/mol.